The Hall–Kier alpha value is -4.19. The van der Waals surface area contributed by atoms with E-state index in [9.17, 15) is 13.7 Å². The average Bonchev–Trinajstić information content (AvgIpc) is 2.90. The topological polar surface area (TPSA) is 135 Å². The Morgan fingerprint density at radius 1 is 1.03 bits per heavy atom. The van der Waals surface area contributed by atoms with E-state index in [0.717, 1.165) is 16.8 Å². The first kappa shape index (κ1) is 25.9. The molecule has 37 heavy (non-hydrogen) atoms. The molecule has 0 bridgehead atoms. The zero-order chi connectivity index (χ0) is 26.6. The maximum atomic E-state index is 12.1. The first-order valence-electron chi connectivity index (χ1n) is 11.8. The molecule has 0 saturated carbocycles. The maximum Gasteiger partial charge on any atom is 0.230 e. The van der Waals surface area contributed by atoms with Crippen LogP contribution in [0.15, 0.2) is 42.6 Å². The molecule has 1 N–H and O–H groups in total. The van der Waals surface area contributed by atoms with Crippen LogP contribution in [0.1, 0.15) is 29.2 Å². The van der Waals surface area contributed by atoms with Crippen molar-refractivity contribution in [3.05, 3.63) is 64.8 Å². The molecule has 0 aliphatic carbocycles. The lowest BCUT2D eigenvalue weighted by molar-refractivity contribution is 0.385. The van der Waals surface area contributed by atoms with Crippen LogP contribution in [0.5, 0.6) is 11.6 Å². The third-order valence-electron chi connectivity index (χ3n) is 6.14. The Morgan fingerprint density at radius 3 is 2.35 bits per heavy atom. The van der Waals surface area contributed by atoms with Gasteiger partial charge < -0.3 is 15.0 Å². The van der Waals surface area contributed by atoms with Crippen molar-refractivity contribution in [2.45, 2.75) is 20.8 Å². The van der Waals surface area contributed by atoms with E-state index in [0.29, 0.717) is 60.6 Å². The molecule has 2 aromatic carbocycles. The van der Waals surface area contributed by atoms with Crippen LogP contribution in [0.25, 0.3) is 0 Å². The van der Waals surface area contributed by atoms with Crippen LogP contribution >= 0.6 is 0 Å². The zero-order valence-electron chi connectivity index (χ0n) is 20.9. The van der Waals surface area contributed by atoms with E-state index in [2.05, 4.69) is 27.4 Å². The van der Waals surface area contributed by atoms with Crippen molar-refractivity contribution in [2.24, 2.45) is 0 Å². The van der Waals surface area contributed by atoms with E-state index in [1.807, 2.05) is 30.9 Å². The molecule has 0 amide bonds. The van der Waals surface area contributed by atoms with Gasteiger partial charge in [0.25, 0.3) is 0 Å². The number of piperazine rings is 1. The van der Waals surface area contributed by atoms with E-state index in [1.54, 1.807) is 37.4 Å². The summed E-state index contributed by atoms with van der Waals surface area (Å²) in [5, 5.41) is 22.0. The van der Waals surface area contributed by atoms with Gasteiger partial charge in [0.05, 0.1) is 28.6 Å². The molecule has 0 unspecified atom stereocenters. The van der Waals surface area contributed by atoms with Gasteiger partial charge in [0.15, 0.2) is 0 Å². The molecule has 4 rings (SSSR count). The molecule has 1 aromatic heterocycles. The molecule has 1 aliphatic rings. The average molecular weight is 518 g/mol. The van der Waals surface area contributed by atoms with Crippen molar-refractivity contribution < 1.29 is 13.2 Å². The van der Waals surface area contributed by atoms with Crippen molar-refractivity contribution in [3.63, 3.8) is 0 Å². The van der Waals surface area contributed by atoms with Crippen molar-refractivity contribution in [2.75, 3.05) is 42.1 Å². The Morgan fingerprint density at radius 2 is 1.73 bits per heavy atom. The van der Waals surface area contributed by atoms with Gasteiger partial charge in [0.2, 0.25) is 21.9 Å². The Labute approximate surface area is 216 Å². The van der Waals surface area contributed by atoms with Gasteiger partial charge in [0.1, 0.15) is 11.8 Å². The molecule has 1 aliphatic heterocycles. The van der Waals surface area contributed by atoms with Crippen LogP contribution in [-0.2, 0) is 10.0 Å². The number of benzene rings is 2. The highest BCUT2D eigenvalue weighted by molar-refractivity contribution is 7.89. The molecule has 2 heterocycles. The van der Waals surface area contributed by atoms with E-state index in [-0.39, 0.29) is 5.75 Å². The Bertz CT molecular complexity index is 1480. The van der Waals surface area contributed by atoms with E-state index < -0.39 is 10.0 Å². The number of nitriles is 2. The number of hydrogen-bond donors (Lipinski definition) is 1. The lowest BCUT2D eigenvalue weighted by Gasteiger charge is -2.35. The Kier molecular flexibility index (Phi) is 7.58. The quantitative estimate of drug-likeness (QED) is 0.496. The first-order valence-corrected chi connectivity index (χ1v) is 13.4. The van der Waals surface area contributed by atoms with Crippen molar-refractivity contribution in [1.82, 2.24) is 14.3 Å². The summed E-state index contributed by atoms with van der Waals surface area (Å²) in [6.45, 7) is 7.19. The molecule has 0 spiro atoms. The fraction of sp³-hybridized carbons (Fsp3) is 0.308. The predicted octanol–water partition coefficient (Wildman–Crippen LogP) is 3.84. The van der Waals surface area contributed by atoms with Gasteiger partial charge in [0, 0.05) is 44.1 Å². The number of sulfonamides is 1. The van der Waals surface area contributed by atoms with Gasteiger partial charge in [-0.25, -0.2) is 13.4 Å². The van der Waals surface area contributed by atoms with E-state index in [1.165, 1.54) is 4.31 Å². The normalized spacial score (nSPS) is 14.0. The summed E-state index contributed by atoms with van der Waals surface area (Å²) in [7, 11) is -3.22. The molecule has 10 nitrogen and oxygen atoms in total. The third-order valence-corrected chi connectivity index (χ3v) is 8.02. The van der Waals surface area contributed by atoms with Crippen molar-refractivity contribution in [3.8, 4) is 23.8 Å². The highest BCUT2D eigenvalue weighted by Crippen LogP contribution is 2.30. The van der Waals surface area contributed by atoms with Gasteiger partial charge in [-0.2, -0.15) is 19.8 Å². The SMILES string of the molecule is CCS(=O)(=O)N1CCN(c2ccc(Nc3nccc(Oc4c(C)cc(C#N)cc4C)n3)cc2C#N)CC1. The summed E-state index contributed by atoms with van der Waals surface area (Å²) in [6.07, 6.45) is 1.57. The molecular formula is C26H27N7O3S. The highest BCUT2D eigenvalue weighted by Gasteiger charge is 2.26. The van der Waals surface area contributed by atoms with Gasteiger partial charge in [-0.05, 0) is 62.2 Å². The van der Waals surface area contributed by atoms with Gasteiger partial charge >= 0.3 is 0 Å². The highest BCUT2D eigenvalue weighted by atomic mass is 32.2. The predicted molar refractivity (Wildman–Crippen MR) is 140 cm³/mol. The number of nitrogens with zero attached hydrogens (tertiary/aromatic N) is 6. The molecule has 190 valence electrons. The molecule has 0 radical (unpaired) electrons. The summed E-state index contributed by atoms with van der Waals surface area (Å²) in [6, 6.07) is 14.9. The molecule has 0 atom stereocenters. The summed E-state index contributed by atoms with van der Waals surface area (Å²) in [4.78, 5) is 10.7. The minimum absolute atomic E-state index is 0.0812. The zero-order valence-corrected chi connectivity index (χ0v) is 21.7. The van der Waals surface area contributed by atoms with Gasteiger partial charge in [-0.1, -0.05) is 0 Å². The van der Waals surface area contributed by atoms with E-state index in [4.69, 9.17) is 10.00 Å². The second kappa shape index (κ2) is 10.8. The summed E-state index contributed by atoms with van der Waals surface area (Å²) in [5.41, 5.74) is 4.07. The molecule has 1 saturated heterocycles. The van der Waals surface area contributed by atoms with Crippen LogP contribution in [0.2, 0.25) is 0 Å². The largest absolute Gasteiger partial charge is 0.438 e. The van der Waals surface area contributed by atoms with Gasteiger partial charge in [-0.15, -0.1) is 0 Å². The minimum atomic E-state index is -3.22. The first-order chi connectivity index (χ1) is 17.7. The number of aryl methyl sites for hydroxylation is 2. The smallest absolute Gasteiger partial charge is 0.230 e. The fourth-order valence-corrected chi connectivity index (χ4v) is 5.32. The molecular weight excluding hydrogens is 490 g/mol. The number of nitrogens with one attached hydrogen (secondary N) is 1. The third kappa shape index (κ3) is 5.80. The van der Waals surface area contributed by atoms with Crippen LogP contribution < -0.4 is 15.0 Å². The molecule has 11 heteroatoms. The number of hydrogen-bond acceptors (Lipinski definition) is 9. The van der Waals surface area contributed by atoms with Crippen LogP contribution in [0.3, 0.4) is 0 Å². The van der Waals surface area contributed by atoms with Crippen LogP contribution in [0, 0.1) is 36.5 Å². The number of aromatic nitrogens is 2. The summed E-state index contributed by atoms with van der Waals surface area (Å²) < 4.78 is 31.8. The number of anilines is 3. The van der Waals surface area contributed by atoms with Gasteiger partial charge in [-0.3, -0.25) is 0 Å². The maximum absolute atomic E-state index is 12.1. The number of rotatable bonds is 7. The molecule has 1 fully saturated rings. The fourth-order valence-electron chi connectivity index (χ4n) is 4.24. The summed E-state index contributed by atoms with van der Waals surface area (Å²) in [5.74, 6) is 1.35. The molecule has 3 aromatic rings. The van der Waals surface area contributed by atoms with Crippen LogP contribution in [-0.4, -0.2) is 54.6 Å². The lowest BCUT2D eigenvalue weighted by atomic mass is 10.1. The second-order valence-electron chi connectivity index (χ2n) is 8.63. The number of ether oxygens (including phenoxy) is 1. The second-order valence-corrected chi connectivity index (χ2v) is 10.9. The van der Waals surface area contributed by atoms with E-state index >= 15 is 0 Å². The van der Waals surface area contributed by atoms with Crippen molar-refractivity contribution >= 4 is 27.3 Å². The van der Waals surface area contributed by atoms with Crippen molar-refractivity contribution in [1.29, 1.82) is 10.5 Å². The monoisotopic (exact) mass is 517 g/mol. The Balaban J connectivity index is 1.48. The van der Waals surface area contributed by atoms with Crippen LogP contribution in [0.4, 0.5) is 17.3 Å². The minimum Gasteiger partial charge on any atom is -0.438 e. The lowest BCUT2D eigenvalue weighted by Crippen LogP contribution is -2.49. The standard InChI is InChI=1S/C26H27N7O3S/c1-4-37(34,35)33-11-9-32(10-12-33)23-6-5-22(15-21(23)17-28)30-26-29-8-7-24(31-26)36-25-18(2)13-20(16-27)14-19(25)3/h5-8,13-15H,4,9-12H2,1-3H3,(H,29,30,31). The summed E-state index contributed by atoms with van der Waals surface area (Å²) >= 11 is 0.